The number of nitrogen functional groups attached to an aromatic ring is 1. The second-order valence-corrected chi connectivity index (χ2v) is 4.36. The molecule has 0 atom stereocenters. The van der Waals surface area contributed by atoms with Gasteiger partial charge in [0.05, 0.1) is 12.3 Å². The van der Waals surface area contributed by atoms with Crippen LogP contribution in [-0.4, -0.2) is 17.3 Å². The van der Waals surface area contributed by atoms with E-state index in [4.69, 9.17) is 10.5 Å². The first-order chi connectivity index (χ1) is 7.27. The Morgan fingerprint density at radius 3 is 2.80 bits per heavy atom. The van der Waals surface area contributed by atoms with E-state index in [9.17, 15) is 0 Å². The second kappa shape index (κ2) is 6.56. The summed E-state index contributed by atoms with van der Waals surface area (Å²) in [4.78, 5) is 4.36. The zero-order chi connectivity index (χ0) is 11.1. The zero-order valence-corrected chi connectivity index (χ0v) is 10.1. The average Bonchev–Trinajstić information content (AvgIpc) is 2.26. The summed E-state index contributed by atoms with van der Waals surface area (Å²) in [5.41, 5.74) is 6.38. The molecule has 1 rings (SSSR count). The first-order valence-electron chi connectivity index (χ1n) is 5.30. The molecule has 1 heterocycles. The predicted octanol–water partition coefficient (Wildman–Crippen LogP) is 2.95. The van der Waals surface area contributed by atoms with E-state index in [2.05, 4.69) is 18.8 Å². The summed E-state index contributed by atoms with van der Waals surface area (Å²) in [5.74, 6) is 1.64. The summed E-state index contributed by atoms with van der Waals surface area (Å²) >= 11 is 1.73. The molecule has 0 saturated heterocycles. The van der Waals surface area contributed by atoms with Crippen molar-refractivity contribution >= 4 is 17.4 Å². The SMILES string of the molecule is CCCOc1nc(SCCC)ccc1N. The van der Waals surface area contributed by atoms with Crippen molar-refractivity contribution in [1.82, 2.24) is 4.98 Å². The van der Waals surface area contributed by atoms with E-state index in [-0.39, 0.29) is 0 Å². The topological polar surface area (TPSA) is 48.1 Å². The quantitative estimate of drug-likeness (QED) is 0.758. The summed E-state index contributed by atoms with van der Waals surface area (Å²) < 4.78 is 5.46. The maximum absolute atomic E-state index is 5.76. The fraction of sp³-hybridized carbons (Fsp3) is 0.545. The highest BCUT2D eigenvalue weighted by Crippen LogP contribution is 2.24. The van der Waals surface area contributed by atoms with Crippen molar-refractivity contribution in [3.63, 3.8) is 0 Å². The van der Waals surface area contributed by atoms with Gasteiger partial charge in [-0.3, -0.25) is 0 Å². The number of hydrogen-bond donors (Lipinski definition) is 1. The van der Waals surface area contributed by atoms with Crippen molar-refractivity contribution in [3.05, 3.63) is 12.1 Å². The third-order valence-electron chi connectivity index (χ3n) is 1.76. The summed E-state index contributed by atoms with van der Waals surface area (Å²) in [7, 11) is 0. The molecule has 0 aliphatic heterocycles. The average molecular weight is 226 g/mol. The first kappa shape index (κ1) is 12.2. The van der Waals surface area contributed by atoms with E-state index in [0.29, 0.717) is 18.2 Å². The van der Waals surface area contributed by atoms with Crippen LogP contribution in [0.4, 0.5) is 5.69 Å². The third kappa shape index (κ3) is 4.00. The van der Waals surface area contributed by atoms with Crippen LogP contribution in [0.25, 0.3) is 0 Å². The van der Waals surface area contributed by atoms with Gasteiger partial charge in [-0.1, -0.05) is 13.8 Å². The maximum Gasteiger partial charge on any atom is 0.238 e. The van der Waals surface area contributed by atoms with Gasteiger partial charge >= 0.3 is 0 Å². The van der Waals surface area contributed by atoms with E-state index in [1.54, 1.807) is 11.8 Å². The Kier molecular flexibility index (Phi) is 5.32. The maximum atomic E-state index is 5.76. The molecule has 3 nitrogen and oxygen atoms in total. The molecule has 15 heavy (non-hydrogen) atoms. The van der Waals surface area contributed by atoms with Gasteiger partial charge in [-0.15, -0.1) is 11.8 Å². The lowest BCUT2D eigenvalue weighted by atomic mass is 10.4. The van der Waals surface area contributed by atoms with Crippen LogP contribution in [0.3, 0.4) is 0 Å². The lowest BCUT2D eigenvalue weighted by Gasteiger charge is -2.08. The smallest absolute Gasteiger partial charge is 0.238 e. The molecule has 0 amide bonds. The fourth-order valence-corrected chi connectivity index (χ4v) is 1.76. The Hall–Kier alpha value is -0.900. The molecule has 0 bridgehead atoms. The Labute approximate surface area is 95.4 Å². The molecule has 0 aromatic carbocycles. The van der Waals surface area contributed by atoms with E-state index < -0.39 is 0 Å². The molecule has 0 unspecified atom stereocenters. The van der Waals surface area contributed by atoms with Crippen LogP contribution in [0.1, 0.15) is 26.7 Å². The minimum absolute atomic E-state index is 0.568. The Balaban J connectivity index is 2.66. The normalized spacial score (nSPS) is 10.3. The van der Waals surface area contributed by atoms with Gasteiger partial charge in [-0.25, -0.2) is 4.98 Å². The first-order valence-corrected chi connectivity index (χ1v) is 6.28. The van der Waals surface area contributed by atoms with Crippen molar-refractivity contribution in [2.75, 3.05) is 18.1 Å². The van der Waals surface area contributed by atoms with Gasteiger partial charge in [0, 0.05) is 0 Å². The summed E-state index contributed by atoms with van der Waals surface area (Å²) in [5, 5.41) is 0.983. The molecular weight excluding hydrogens is 208 g/mol. The molecular formula is C11H18N2OS. The number of rotatable bonds is 6. The largest absolute Gasteiger partial charge is 0.476 e. The number of nitrogens with zero attached hydrogens (tertiary/aromatic N) is 1. The molecule has 1 aromatic rings. The molecule has 1 aromatic heterocycles. The van der Waals surface area contributed by atoms with Crippen LogP contribution in [0.2, 0.25) is 0 Å². The van der Waals surface area contributed by atoms with Crippen LogP contribution < -0.4 is 10.5 Å². The second-order valence-electron chi connectivity index (χ2n) is 3.24. The number of pyridine rings is 1. The zero-order valence-electron chi connectivity index (χ0n) is 9.32. The minimum atomic E-state index is 0.568. The molecule has 0 aliphatic rings. The van der Waals surface area contributed by atoms with Gasteiger partial charge in [0.1, 0.15) is 5.03 Å². The molecule has 0 fully saturated rings. The Bertz CT molecular complexity index is 305. The van der Waals surface area contributed by atoms with Gasteiger partial charge in [-0.05, 0) is 30.7 Å². The molecule has 0 spiro atoms. The lowest BCUT2D eigenvalue weighted by molar-refractivity contribution is 0.305. The van der Waals surface area contributed by atoms with Crippen molar-refractivity contribution in [2.24, 2.45) is 0 Å². The van der Waals surface area contributed by atoms with E-state index in [1.165, 1.54) is 0 Å². The number of thioether (sulfide) groups is 1. The van der Waals surface area contributed by atoms with E-state index >= 15 is 0 Å². The number of ether oxygens (including phenoxy) is 1. The van der Waals surface area contributed by atoms with Crippen molar-refractivity contribution < 1.29 is 4.74 Å². The molecule has 0 radical (unpaired) electrons. The summed E-state index contributed by atoms with van der Waals surface area (Å²) in [6.45, 7) is 4.88. The highest BCUT2D eigenvalue weighted by molar-refractivity contribution is 7.99. The third-order valence-corrected chi connectivity index (χ3v) is 2.90. The molecule has 0 saturated carbocycles. The molecule has 2 N–H and O–H groups in total. The van der Waals surface area contributed by atoms with E-state index in [0.717, 1.165) is 23.6 Å². The highest BCUT2D eigenvalue weighted by Gasteiger charge is 2.03. The number of nitrogens with two attached hydrogens (primary N) is 1. The standard InChI is InChI=1S/C11H18N2OS/c1-3-7-14-11-9(12)5-6-10(13-11)15-8-4-2/h5-6H,3-4,7-8,12H2,1-2H3. The Morgan fingerprint density at radius 2 is 2.13 bits per heavy atom. The van der Waals surface area contributed by atoms with E-state index in [1.807, 2.05) is 12.1 Å². The van der Waals surface area contributed by atoms with Crippen molar-refractivity contribution in [1.29, 1.82) is 0 Å². The van der Waals surface area contributed by atoms with Gasteiger partial charge in [0.2, 0.25) is 5.88 Å². The van der Waals surface area contributed by atoms with Crippen molar-refractivity contribution in [3.8, 4) is 5.88 Å². The molecule has 4 heteroatoms. The van der Waals surface area contributed by atoms with Gasteiger partial charge in [0.15, 0.2) is 0 Å². The van der Waals surface area contributed by atoms with Gasteiger partial charge in [-0.2, -0.15) is 0 Å². The van der Waals surface area contributed by atoms with Crippen LogP contribution in [0.15, 0.2) is 17.2 Å². The molecule has 84 valence electrons. The number of anilines is 1. The number of hydrogen-bond acceptors (Lipinski definition) is 4. The number of aromatic nitrogens is 1. The highest BCUT2D eigenvalue weighted by atomic mass is 32.2. The Morgan fingerprint density at radius 1 is 1.33 bits per heavy atom. The fourth-order valence-electron chi connectivity index (χ4n) is 1.04. The minimum Gasteiger partial charge on any atom is -0.476 e. The van der Waals surface area contributed by atoms with Crippen LogP contribution in [0, 0.1) is 0 Å². The van der Waals surface area contributed by atoms with Gasteiger partial charge in [0.25, 0.3) is 0 Å². The van der Waals surface area contributed by atoms with Crippen LogP contribution >= 0.6 is 11.8 Å². The van der Waals surface area contributed by atoms with Gasteiger partial charge < -0.3 is 10.5 Å². The monoisotopic (exact) mass is 226 g/mol. The van der Waals surface area contributed by atoms with Crippen molar-refractivity contribution in [2.45, 2.75) is 31.7 Å². The predicted molar refractivity (Wildman–Crippen MR) is 65.5 cm³/mol. The molecule has 0 aliphatic carbocycles. The summed E-state index contributed by atoms with van der Waals surface area (Å²) in [6, 6.07) is 3.80. The van der Waals surface area contributed by atoms with Crippen LogP contribution in [-0.2, 0) is 0 Å². The summed E-state index contributed by atoms with van der Waals surface area (Å²) in [6.07, 6.45) is 2.11. The van der Waals surface area contributed by atoms with Crippen LogP contribution in [0.5, 0.6) is 5.88 Å². The lowest BCUT2D eigenvalue weighted by Crippen LogP contribution is -2.01.